The number of carbonyl (C=O) groups is 1. The highest BCUT2D eigenvalue weighted by Crippen LogP contribution is 2.27. The Kier molecular flexibility index (Phi) is 2.35. The third-order valence-electron chi connectivity index (χ3n) is 2.17. The average molecular weight is 219 g/mol. The molecule has 0 bridgehead atoms. The fraction of sp³-hybridized carbons (Fsp3) is 0.333. The van der Waals surface area contributed by atoms with E-state index >= 15 is 0 Å². The summed E-state index contributed by atoms with van der Waals surface area (Å²) >= 11 is 1.47. The van der Waals surface area contributed by atoms with Crippen LogP contribution in [0.3, 0.4) is 0 Å². The van der Waals surface area contributed by atoms with E-state index in [-0.39, 0.29) is 11.2 Å². The Balaban J connectivity index is 2.50. The van der Waals surface area contributed by atoms with Crippen LogP contribution in [0.2, 0.25) is 0 Å². The normalized spacial score (nSPS) is 11.9. The minimum Gasteiger partial charge on any atom is -0.291 e. The summed E-state index contributed by atoms with van der Waals surface area (Å²) in [4.78, 5) is 16.3. The molecule has 0 fully saturated rings. The Morgan fingerprint density at radius 1 is 1.27 bits per heavy atom. The van der Waals surface area contributed by atoms with E-state index in [1.54, 1.807) is 0 Å². The third-order valence-corrected chi connectivity index (χ3v) is 3.20. The molecule has 0 aliphatic rings. The molecule has 0 saturated carbocycles. The number of ketones is 1. The fourth-order valence-electron chi connectivity index (χ4n) is 1.29. The zero-order valence-corrected chi connectivity index (χ0v) is 9.89. The van der Waals surface area contributed by atoms with E-state index in [2.05, 4.69) is 4.98 Å². The number of rotatable bonds is 1. The number of benzene rings is 1. The van der Waals surface area contributed by atoms with Gasteiger partial charge in [-0.15, -0.1) is 11.3 Å². The molecule has 0 unspecified atom stereocenters. The van der Waals surface area contributed by atoms with Crippen LogP contribution in [0.1, 0.15) is 30.6 Å². The average Bonchev–Trinajstić information content (AvgIpc) is 2.58. The summed E-state index contributed by atoms with van der Waals surface area (Å²) in [5.41, 5.74) is 0.559. The Bertz CT molecular complexity index is 475. The van der Waals surface area contributed by atoms with Crippen molar-refractivity contribution < 1.29 is 4.79 Å². The maximum absolute atomic E-state index is 12.0. The van der Waals surface area contributed by atoms with E-state index < -0.39 is 0 Å². The molecule has 0 saturated heterocycles. The van der Waals surface area contributed by atoms with Gasteiger partial charge in [-0.1, -0.05) is 32.9 Å². The number of thiazole rings is 1. The van der Waals surface area contributed by atoms with Gasteiger partial charge >= 0.3 is 0 Å². The maximum Gasteiger partial charge on any atom is 0.196 e. The van der Waals surface area contributed by atoms with Crippen LogP contribution in [-0.4, -0.2) is 10.8 Å². The first-order valence-corrected chi connectivity index (χ1v) is 5.70. The number of carbonyl (C=O) groups excluding carboxylic acids is 1. The molecule has 0 spiro atoms. The molecule has 2 aromatic rings. The largest absolute Gasteiger partial charge is 0.291 e. The van der Waals surface area contributed by atoms with Gasteiger partial charge in [0, 0.05) is 5.41 Å². The number of Topliss-reactive ketones (excluding diaryl/α,β-unsaturated/α-hetero) is 1. The van der Waals surface area contributed by atoms with Crippen molar-refractivity contribution in [2.24, 2.45) is 5.41 Å². The summed E-state index contributed by atoms with van der Waals surface area (Å²) in [6.45, 7) is 5.75. The van der Waals surface area contributed by atoms with E-state index in [1.165, 1.54) is 11.3 Å². The van der Waals surface area contributed by atoms with Crippen LogP contribution in [0.25, 0.3) is 10.2 Å². The molecule has 0 aliphatic heterocycles. The number of hydrogen-bond donors (Lipinski definition) is 0. The molecule has 1 heterocycles. The molecule has 0 atom stereocenters. The first-order chi connectivity index (χ1) is 6.98. The summed E-state index contributed by atoms with van der Waals surface area (Å²) in [5.74, 6) is 0.115. The third kappa shape index (κ3) is 1.92. The highest BCUT2D eigenvalue weighted by atomic mass is 32.1. The number of aromatic nitrogens is 1. The highest BCUT2D eigenvalue weighted by Gasteiger charge is 2.25. The van der Waals surface area contributed by atoms with E-state index in [9.17, 15) is 4.79 Å². The lowest BCUT2D eigenvalue weighted by molar-refractivity contribution is 0.0858. The van der Waals surface area contributed by atoms with Gasteiger partial charge in [0.05, 0.1) is 10.2 Å². The van der Waals surface area contributed by atoms with Crippen LogP contribution < -0.4 is 0 Å². The summed E-state index contributed by atoms with van der Waals surface area (Å²) in [6, 6.07) is 7.83. The van der Waals surface area contributed by atoms with Gasteiger partial charge in [0.1, 0.15) is 0 Å². The van der Waals surface area contributed by atoms with Gasteiger partial charge in [-0.25, -0.2) is 4.98 Å². The predicted molar refractivity (Wildman–Crippen MR) is 63.4 cm³/mol. The Hall–Kier alpha value is -1.22. The highest BCUT2D eigenvalue weighted by molar-refractivity contribution is 7.20. The molecule has 0 radical (unpaired) electrons. The lowest BCUT2D eigenvalue weighted by Crippen LogP contribution is -2.19. The first-order valence-electron chi connectivity index (χ1n) is 4.89. The minimum absolute atomic E-state index is 0.115. The zero-order valence-electron chi connectivity index (χ0n) is 9.07. The van der Waals surface area contributed by atoms with Crippen LogP contribution in [0.5, 0.6) is 0 Å². The van der Waals surface area contributed by atoms with E-state index in [0.717, 1.165) is 10.2 Å². The number of para-hydroxylation sites is 1. The first kappa shape index (κ1) is 10.3. The number of fused-ring (bicyclic) bond motifs is 1. The minimum atomic E-state index is -0.353. The molecule has 2 rings (SSSR count). The molecule has 1 aromatic carbocycles. The lowest BCUT2D eigenvalue weighted by atomic mass is 9.91. The smallest absolute Gasteiger partial charge is 0.196 e. The van der Waals surface area contributed by atoms with Crippen molar-refractivity contribution in [2.75, 3.05) is 0 Å². The van der Waals surface area contributed by atoms with Crippen LogP contribution in [0.4, 0.5) is 0 Å². The molecular formula is C12H13NOS. The van der Waals surface area contributed by atoms with Gasteiger partial charge in [0.15, 0.2) is 10.8 Å². The molecule has 0 aliphatic carbocycles. The fourth-order valence-corrected chi connectivity index (χ4v) is 2.41. The molecule has 78 valence electrons. The van der Waals surface area contributed by atoms with Crippen LogP contribution in [0, 0.1) is 5.41 Å². The van der Waals surface area contributed by atoms with Crippen molar-refractivity contribution in [1.29, 1.82) is 0 Å². The summed E-state index contributed by atoms with van der Waals surface area (Å²) in [5, 5.41) is 0.615. The van der Waals surface area contributed by atoms with Gasteiger partial charge in [-0.2, -0.15) is 0 Å². The Labute approximate surface area is 93.0 Å². The SMILES string of the molecule is CC(C)(C)C(=O)c1nc2ccccc2s1. The quantitative estimate of drug-likeness (QED) is 0.687. The standard InChI is InChI=1S/C12H13NOS/c1-12(2,3)10(14)11-13-8-6-4-5-7-9(8)15-11/h4-7H,1-3H3. The lowest BCUT2D eigenvalue weighted by Gasteiger charge is -2.13. The van der Waals surface area contributed by atoms with Gasteiger partial charge in [-0.05, 0) is 12.1 Å². The van der Waals surface area contributed by atoms with Crippen molar-refractivity contribution in [3.05, 3.63) is 29.3 Å². The van der Waals surface area contributed by atoms with Crippen molar-refractivity contribution in [3.8, 4) is 0 Å². The molecule has 0 amide bonds. The van der Waals surface area contributed by atoms with Gasteiger partial charge in [0.2, 0.25) is 0 Å². The topological polar surface area (TPSA) is 30.0 Å². The second-order valence-corrected chi connectivity index (χ2v) is 5.60. The molecule has 1 aromatic heterocycles. The molecule has 3 heteroatoms. The number of hydrogen-bond acceptors (Lipinski definition) is 3. The molecule has 0 N–H and O–H groups in total. The van der Waals surface area contributed by atoms with Gasteiger partial charge in [0.25, 0.3) is 0 Å². The second kappa shape index (κ2) is 3.42. The Morgan fingerprint density at radius 2 is 1.93 bits per heavy atom. The monoisotopic (exact) mass is 219 g/mol. The zero-order chi connectivity index (χ0) is 11.1. The summed E-state index contributed by atoms with van der Waals surface area (Å²) in [7, 11) is 0. The van der Waals surface area contributed by atoms with Crippen molar-refractivity contribution >= 4 is 27.3 Å². The van der Waals surface area contributed by atoms with Crippen LogP contribution in [0.15, 0.2) is 24.3 Å². The maximum atomic E-state index is 12.0. The van der Waals surface area contributed by atoms with Gasteiger partial charge < -0.3 is 0 Å². The van der Waals surface area contributed by atoms with E-state index in [1.807, 2.05) is 45.0 Å². The van der Waals surface area contributed by atoms with E-state index in [0.29, 0.717) is 5.01 Å². The second-order valence-electron chi connectivity index (χ2n) is 4.57. The van der Waals surface area contributed by atoms with Crippen LogP contribution >= 0.6 is 11.3 Å². The van der Waals surface area contributed by atoms with Crippen molar-refractivity contribution in [2.45, 2.75) is 20.8 Å². The summed E-state index contributed by atoms with van der Waals surface area (Å²) in [6.07, 6.45) is 0. The van der Waals surface area contributed by atoms with Crippen molar-refractivity contribution in [3.63, 3.8) is 0 Å². The van der Waals surface area contributed by atoms with Gasteiger partial charge in [-0.3, -0.25) is 4.79 Å². The summed E-state index contributed by atoms with van der Waals surface area (Å²) < 4.78 is 1.07. The number of nitrogens with zero attached hydrogens (tertiary/aromatic N) is 1. The van der Waals surface area contributed by atoms with E-state index in [4.69, 9.17) is 0 Å². The molecule has 15 heavy (non-hydrogen) atoms. The molecule has 2 nitrogen and oxygen atoms in total. The predicted octanol–water partition coefficient (Wildman–Crippen LogP) is 3.53. The van der Waals surface area contributed by atoms with Crippen LogP contribution in [-0.2, 0) is 0 Å². The van der Waals surface area contributed by atoms with Crippen molar-refractivity contribution in [1.82, 2.24) is 4.98 Å². The Morgan fingerprint density at radius 3 is 2.53 bits per heavy atom. The molecular weight excluding hydrogens is 206 g/mol.